The molecule has 0 saturated carbocycles. The van der Waals surface area contributed by atoms with Gasteiger partial charge >= 0.3 is 0 Å². The zero-order valence-electron chi connectivity index (χ0n) is 14.3. The number of thioether (sulfide) groups is 1. The Hall–Kier alpha value is -1.49. The van der Waals surface area contributed by atoms with Gasteiger partial charge in [0.15, 0.2) is 6.54 Å². The Balaban J connectivity index is 1.84. The van der Waals surface area contributed by atoms with Crippen LogP contribution in [0.5, 0.6) is 0 Å². The largest absolute Gasteiger partial charge is 0.345 e. The number of quaternary nitrogens is 1. The van der Waals surface area contributed by atoms with Crippen LogP contribution in [-0.2, 0) is 11.3 Å². The molecular formula is C19H24ClN2OS+. The van der Waals surface area contributed by atoms with E-state index in [9.17, 15) is 4.79 Å². The first-order chi connectivity index (χ1) is 11.5. The summed E-state index contributed by atoms with van der Waals surface area (Å²) in [5.41, 5.74) is 2.25. The highest BCUT2D eigenvalue weighted by Crippen LogP contribution is 2.17. The van der Waals surface area contributed by atoms with Crippen molar-refractivity contribution in [1.82, 2.24) is 5.32 Å². The van der Waals surface area contributed by atoms with Crippen molar-refractivity contribution in [2.45, 2.75) is 24.4 Å². The van der Waals surface area contributed by atoms with Gasteiger partial charge in [-0.3, -0.25) is 4.79 Å². The number of carbonyl (C=O) groups excluding carboxylic acids is 1. The van der Waals surface area contributed by atoms with E-state index in [0.717, 1.165) is 17.0 Å². The number of amides is 1. The number of carbonyl (C=O) groups is 1. The first-order valence-corrected chi connectivity index (χ1v) is 9.57. The molecule has 128 valence electrons. The van der Waals surface area contributed by atoms with Crippen LogP contribution in [0.4, 0.5) is 0 Å². The van der Waals surface area contributed by atoms with Crippen LogP contribution in [0, 0.1) is 0 Å². The fourth-order valence-corrected chi connectivity index (χ4v) is 3.19. The lowest BCUT2D eigenvalue weighted by Crippen LogP contribution is -3.08. The summed E-state index contributed by atoms with van der Waals surface area (Å²) in [6.45, 7) is 3.24. The number of hydrogen-bond donors (Lipinski definition) is 2. The Kier molecular flexibility index (Phi) is 7.16. The van der Waals surface area contributed by atoms with Crippen molar-refractivity contribution in [3.05, 3.63) is 64.7 Å². The van der Waals surface area contributed by atoms with Gasteiger partial charge in [-0.25, -0.2) is 0 Å². The van der Waals surface area contributed by atoms with E-state index in [0.29, 0.717) is 11.6 Å². The van der Waals surface area contributed by atoms with Crippen molar-refractivity contribution in [2.75, 3.05) is 19.8 Å². The summed E-state index contributed by atoms with van der Waals surface area (Å²) < 4.78 is 0. The average Bonchev–Trinajstić information content (AvgIpc) is 2.55. The number of hydrogen-bond acceptors (Lipinski definition) is 2. The maximum absolute atomic E-state index is 12.2. The Labute approximate surface area is 153 Å². The number of nitrogens with one attached hydrogen (secondary N) is 2. The molecule has 24 heavy (non-hydrogen) atoms. The Bertz CT molecular complexity index is 675. The molecule has 2 aromatic rings. The molecule has 0 aliphatic rings. The average molecular weight is 364 g/mol. The van der Waals surface area contributed by atoms with Crippen LogP contribution < -0.4 is 10.2 Å². The monoisotopic (exact) mass is 363 g/mol. The zero-order chi connectivity index (χ0) is 17.5. The minimum absolute atomic E-state index is 0.0423. The maximum atomic E-state index is 12.2. The fraction of sp³-hybridized carbons (Fsp3) is 0.316. The SMILES string of the molecule is CSc1ccc(C[NH+](C)CC(=O)N[C@H](C)c2cccc(Cl)c2)cc1. The fourth-order valence-electron chi connectivity index (χ4n) is 2.58. The number of likely N-dealkylation sites (N-methyl/N-ethyl adjacent to an activating group) is 1. The highest BCUT2D eigenvalue weighted by atomic mass is 35.5. The van der Waals surface area contributed by atoms with Crippen molar-refractivity contribution in [3.8, 4) is 0 Å². The Morgan fingerprint density at radius 2 is 1.96 bits per heavy atom. The summed E-state index contributed by atoms with van der Waals surface area (Å²) >= 11 is 7.74. The second kappa shape index (κ2) is 9.11. The molecule has 2 atom stereocenters. The smallest absolute Gasteiger partial charge is 0.275 e. The second-order valence-corrected chi connectivity index (χ2v) is 7.32. The standard InChI is InChI=1S/C19H23ClN2OS/c1-14(16-5-4-6-17(20)11-16)21-19(23)13-22(2)12-15-7-9-18(24-3)10-8-15/h4-11,14H,12-13H2,1-3H3,(H,21,23)/p+1/t14-/m1/s1. The quantitative estimate of drug-likeness (QED) is 0.741. The molecule has 0 radical (unpaired) electrons. The number of benzene rings is 2. The van der Waals surface area contributed by atoms with E-state index < -0.39 is 0 Å². The van der Waals surface area contributed by atoms with Crippen LogP contribution in [0.2, 0.25) is 5.02 Å². The second-order valence-electron chi connectivity index (χ2n) is 6.00. The lowest BCUT2D eigenvalue weighted by atomic mass is 10.1. The van der Waals surface area contributed by atoms with Gasteiger partial charge in [0.25, 0.3) is 5.91 Å². The minimum atomic E-state index is -0.0511. The molecule has 0 aliphatic heterocycles. The van der Waals surface area contributed by atoms with Gasteiger partial charge in [0.2, 0.25) is 0 Å². The van der Waals surface area contributed by atoms with Gasteiger partial charge in [-0.05, 0) is 43.0 Å². The first-order valence-electron chi connectivity index (χ1n) is 7.97. The molecule has 0 aromatic heterocycles. The van der Waals surface area contributed by atoms with Gasteiger partial charge in [0.1, 0.15) is 6.54 Å². The van der Waals surface area contributed by atoms with E-state index in [4.69, 9.17) is 11.6 Å². The van der Waals surface area contributed by atoms with Crippen LogP contribution in [0.1, 0.15) is 24.1 Å². The van der Waals surface area contributed by atoms with Crippen molar-refractivity contribution in [3.63, 3.8) is 0 Å². The van der Waals surface area contributed by atoms with Gasteiger partial charge in [-0.15, -0.1) is 11.8 Å². The summed E-state index contributed by atoms with van der Waals surface area (Å²) in [6.07, 6.45) is 2.07. The molecule has 1 amide bonds. The molecule has 0 aliphatic carbocycles. The lowest BCUT2D eigenvalue weighted by molar-refractivity contribution is -0.885. The summed E-state index contributed by atoms with van der Waals surface area (Å²) in [4.78, 5) is 14.7. The number of halogens is 1. The van der Waals surface area contributed by atoms with Gasteiger partial charge in [0.05, 0.1) is 13.1 Å². The van der Waals surface area contributed by atoms with Gasteiger partial charge in [-0.1, -0.05) is 35.9 Å². The third-order valence-corrected chi connectivity index (χ3v) is 4.83. The molecule has 2 rings (SSSR count). The van der Waals surface area contributed by atoms with Crippen LogP contribution >= 0.6 is 23.4 Å². The predicted octanol–water partition coefficient (Wildman–Crippen LogP) is 2.95. The van der Waals surface area contributed by atoms with Gasteiger partial charge in [-0.2, -0.15) is 0 Å². The summed E-state index contributed by atoms with van der Waals surface area (Å²) in [5, 5.41) is 3.72. The summed E-state index contributed by atoms with van der Waals surface area (Å²) in [6, 6.07) is 16.0. The van der Waals surface area contributed by atoms with E-state index in [1.54, 1.807) is 11.8 Å². The normalized spacial score (nSPS) is 13.3. The van der Waals surface area contributed by atoms with E-state index in [2.05, 4.69) is 35.8 Å². The van der Waals surface area contributed by atoms with Crippen LogP contribution in [0.3, 0.4) is 0 Å². The molecule has 0 bridgehead atoms. The molecule has 3 nitrogen and oxygen atoms in total. The topological polar surface area (TPSA) is 33.5 Å². The highest BCUT2D eigenvalue weighted by Gasteiger charge is 2.14. The van der Waals surface area contributed by atoms with E-state index >= 15 is 0 Å². The van der Waals surface area contributed by atoms with E-state index in [1.165, 1.54) is 10.5 Å². The molecule has 0 spiro atoms. The molecule has 1 unspecified atom stereocenters. The number of rotatable bonds is 7. The van der Waals surface area contributed by atoms with Crippen molar-refractivity contribution in [2.24, 2.45) is 0 Å². The summed E-state index contributed by atoms with van der Waals surface area (Å²) in [7, 11) is 2.03. The molecule has 2 aromatic carbocycles. The molecule has 0 saturated heterocycles. The molecule has 0 heterocycles. The van der Waals surface area contributed by atoms with Gasteiger partial charge < -0.3 is 10.2 Å². The molecular weight excluding hydrogens is 340 g/mol. The third kappa shape index (κ3) is 5.86. The van der Waals surface area contributed by atoms with Gasteiger partial charge in [0, 0.05) is 15.5 Å². The predicted molar refractivity (Wildman–Crippen MR) is 102 cm³/mol. The van der Waals surface area contributed by atoms with E-state index in [1.807, 2.05) is 38.2 Å². The molecule has 5 heteroatoms. The van der Waals surface area contributed by atoms with E-state index in [-0.39, 0.29) is 11.9 Å². The summed E-state index contributed by atoms with van der Waals surface area (Å²) in [5.74, 6) is 0.0423. The van der Waals surface area contributed by atoms with Crippen LogP contribution in [0.15, 0.2) is 53.4 Å². The Morgan fingerprint density at radius 3 is 2.58 bits per heavy atom. The molecule has 2 N–H and O–H groups in total. The Morgan fingerprint density at radius 1 is 1.25 bits per heavy atom. The third-order valence-electron chi connectivity index (χ3n) is 3.85. The molecule has 0 fully saturated rings. The zero-order valence-corrected chi connectivity index (χ0v) is 15.9. The van der Waals surface area contributed by atoms with Crippen molar-refractivity contribution < 1.29 is 9.69 Å². The minimum Gasteiger partial charge on any atom is -0.345 e. The van der Waals surface area contributed by atoms with Crippen molar-refractivity contribution >= 4 is 29.3 Å². The van der Waals surface area contributed by atoms with Crippen LogP contribution in [-0.4, -0.2) is 25.8 Å². The first kappa shape index (κ1) is 18.8. The maximum Gasteiger partial charge on any atom is 0.275 e. The van der Waals surface area contributed by atoms with Crippen molar-refractivity contribution in [1.29, 1.82) is 0 Å². The highest BCUT2D eigenvalue weighted by molar-refractivity contribution is 7.98. The lowest BCUT2D eigenvalue weighted by Gasteiger charge is -2.18. The van der Waals surface area contributed by atoms with Crippen LogP contribution in [0.25, 0.3) is 0 Å².